The Labute approximate surface area is 169 Å². The minimum Gasteiger partial charge on any atom is -0.367 e. The van der Waals surface area contributed by atoms with Crippen LogP contribution in [0.2, 0.25) is 5.02 Å². The van der Waals surface area contributed by atoms with Gasteiger partial charge in [0.1, 0.15) is 16.5 Å². The maximum Gasteiger partial charge on any atom is 0.138 e. The van der Waals surface area contributed by atoms with E-state index >= 15 is 0 Å². The van der Waals surface area contributed by atoms with Crippen LogP contribution >= 0.6 is 22.9 Å². The Morgan fingerprint density at radius 3 is 2.74 bits per heavy atom. The summed E-state index contributed by atoms with van der Waals surface area (Å²) in [5.74, 6) is 1.79. The Morgan fingerprint density at radius 1 is 1.19 bits per heavy atom. The van der Waals surface area contributed by atoms with Crippen LogP contribution in [-0.2, 0) is 12.8 Å². The van der Waals surface area contributed by atoms with Crippen molar-refractivity contribution in [2.45, 2.75) is 38.6 Å². The highest BCUT2D eigenvalue weighted by Crippen LogP contribution is 2.39. The molecule has 1 aliphatic carbocycles. The number of benzene rings is 1. The average Bonchev–Trinajstić information content (AvgIpc) is 3.01. The SMILES string of the molecule is Cc1nc(NC[C@H](c2ccccc2Cl)N(C)C)c2c3c(sc2n1)CCCC3. The van der Waals surface area contributed by atoms with Crippen LogP contribution in [0.5, 0.6) is 0 Å². The summed E-state index contributed by atoms with van der Waals surface area (Å²) in [5, 5.41) is 5.66. The van der Waals surface area contributed by atoms with Crippen LogP contribution in [0.1, 0.15) is 40.7 Å². The lowest BCUT2D eigenvalue weighted by Crippen LogP contribution is -2.27. The smallest absolute Gasteiger partial charge is 0.138 e. The van der Waals surface area contributed by atoms with Crippen molar-refractivity contribution in [3.05, 3.63) is 51.1 Å². The van der Waals surface area contributed by atoms with Crippen LogP contribution in [0.25, 0.3) is 10.2 Å². The fourth-order valence-corrected chi connectivity index (χ4v) is 5.47. The molecule has 0 fully saturated rings. The third kappa shape index (κ3) is 3.68. The number of aryl methyl sites for hydroxylation is 3. The molecule has 0 saturated heterocycles. The van der Waals surface area contributed by atoms with Crippen molar-refractivity contribution < 1.29 is 0 Å². The van der Waals surface area contributed by atoms with Gasteiger partial charge in [-0.1, -0.05) is 29.8 Å². The summed E-state index contributed by atoms with van der Waals surface area (Å²) in [6, 6.07) is 8.23. The van der Waals surface area contributed by atoms with E-state index in [1.807, 2.05) is 36.5 Å². The number of nitrogens with zero attached hydrogens (tertiary/aromatic N) is 3. The molecule has 0 unspecified atom stereocenters. The molecular formula is C21H25ClN4S. The van der Waals surface area contributed by atoms with E-state index in [0.29, 0.717) is 0 Å². The summed E-state index contributed by atoms with van der Waals surface area (Å²) in [4.78, 5) is 14.3. The van der Waals surface area contributed by atoms with Gasteiger partial charge in [-0.05, 0) is 63.9 Å². The van der Waals surface area contributed by atoms with E-state index in [4.69, 9.17) is 21.6 Å². The zero-order valence-electron chi connectivity index (χ0n) is 16.1. The predicted molar refractivity (Wildman–Crippen MR) is 115 cm³/mol. The van der Waals surface area contributed by atoms with E-state index in [1.165, 1.54) is 35.1 Å². The van der Waals surface area contributed by atoms with Crippen molar-refractivity contribution >= 4 is 39.0 Å². The molecule has 1 aliphatic rings. The molecule has 0 amide bonds. The van der Waals surface area contributed by atoms with Gasteiger partial charge in [0.25, 0.3) is 0 Å². The molecule has 0 saturated carbocycles. The fraction of sp³-hybridized carbons (Fsp3) is 0.429. The predicted octanol–water partition coefficient (Wildman–Crippen LogP) is 5.25. The second-order valence-corrected chi connectivity index (χ2v) is 8.88. The Kier molecular flexibility index (Phi) is 5.35. The molecule has 0 aliphatic heterocycles. The summed E-state index contributed by atoms with van der Waals surface area (Å²) in [7, 11) is 4.17. The molecule has 2 heterocycles. The van der Waals surface area contributed by atoms with E-state index in [0.717, 1.165) is 40.0 Å². The van der Waals surface area contributed by atoms with Crippen LogP contribution in [-0.4, -0.2) is 35.5 Å². The highest BCUT2D eigenvalue weighted by atomic mass is 35.5. The molecule has 0 bridgehead atoms. The molecule has 4 nitrogen and oxygen atoms in total. The number of fused-ring (bicyclic) bond motifs is 3. The zero-order valence-corrected chi connectivity index (χ0v) is 17.6. The standard InChI is InChI=1S/C21H25ClN4S/c1-13-24-20(19-15-9-5-7-11-18(15)27-21(19)25-13)23-12-17(26(2)3)14-8-4-6-10-16(14)22/h4,6,8,10,17H,5,7,9,11-12H2,1-3H3,(H,23,24,25)/t17-/m1/s1. The largest absolute Gasteiger partial charge is 0.367 e. The monoisotopic (exact) mass is 400 g/mol. The molecule has 4 rings (SSSR count). The molecular weight excluding hydrogens is 376 g/mol. The first-order valence-electron chi connectivity index (χ1n) is 9.48. The quantitative estimate of drug-likeness (QED) is 0.635. The second kappa shape index (κ2) is 7.74. The lowest BCUT2D eigenvalue weighted by atomic mass is 9.97. The van der Waals surface area contributed by atoms with Gasteiger partial charge in [-0.2, -0.15) is 0 Å². The summed E-state index contributed by atoms with van der Waals surface area (Å²) in [5.41, 5.74) is 2.59. The summed E-state index contributed by atoms with van der Waals surface area (Å²) < 4.78 is 0. The Balaban J connectivity index is 1.68. The van der Waals surface area contributed by atoms with Crippen LogP contribution in [0.15, 0.2) is 24.3 Å². The summed E-state index contributed by atoms with van der Waals surface area (Å²) in [6.07, 6.45) is 4.85. The number of anilines is 1. The van der Waals surface area contributed by atoms with Gasteiger partial charge in [0.05, 0.1) is 11.4 Å². The number of hydrogen-bond acceptors (Lipinski definition) is 5. The van der Waals surface area contributed by atoms with Crippen LogP contribution in [0.3, 0.4) is 0 Å². The lowest BCUT2D eigenvalue weighted by Gasteiger charge is -2.26. The van der Waals surface area contributed by atoms with E-state index in [1.54, 1.807) is 0 Å². The van der Waals surface area contributed by atoms with Crippen molar-refractivity contribution in [1.82, 2.24) is 14.9 Å². The van der Waals surface area contributed by atoms with Gasteiger partial charge < -0.3 is 10.2 Å². The minimum absolute atomic E-state index is 0.165. The Hall–Kier alpha value is -1.69. The molecule has 1 atom stereocenters. The Morgan fingerprint density at radius 2 is 1.96 bits per heavy atom. The molecule has 0 radical (unpaired) electrons. The fourth-order valence-electron chi connectivity index (χ4n) is 3.90. The molecule has 3 aromatic rings. The average molecular weight is 401 g/mol. The van der Waals surface area contributed by atoms with Gasteiger partial charge in [-0.3, -0.25) is 0 Å². The normalized spacial score (nSPS) is 15.1. The zero-order chi connectivity index (χ0) is 19.0. The van der Waals surface area contributed by atoms with Gasteiger partial charge in [0, 0.05) is 16.4 Å². The van der Waals surface area contributed by atoms with Crippen molar-refractivity contribution in [1.29, 1.82) is 0 Å². The number of likely N-dealkylation sites (N-methyl/N-ethyl adjacent to an activating group) is 1. The molecule has 6 heteroatoms. The van der Waals surface area contributed by atoms with Crippen molar-refractivity contribution in [3.63, 3.8) is 0 Å². The maximum absolute atomic E-state index is 6.46. The molecule has 0 spiro atoms. The van der Waals surface area contributed by atoms with Gasteiger partial charge in [0.2, 0.25) is 0 Å². The number of hydrogen-bond donors (Lipinski definition) is 1. The number of halogens is 1. The lowest BCUT2D eigenvalue weighted by molar-refractivity contribution is 0.312. The first kappa shape index (κ1) is 18.7. The third-order valence-corrected chi connectivity index (χ3v) is 6.81. The number of thiophene rings is 1. The topological polar surface area (TPSA) is 41.1 Å². The summed E-state index contributed by atoms with van der Waals surface area (Å²) >= 11 is 8.31. The molecule has 142 valence electrons. The van der Waals surface area contributed by atoms with Gasteiger partial charge in [0.15, 0.2) is 0 Å². The number of aromatic nitrogens is 2. The highest BCUT2D eigenvalue weighted by molar-refractivity contribution is 7.19. The number of rotatable bonds is 5. The first-order chi connectivity index (χ1) is 13.0. The van der Waals surface area contributed by atoms with Crippen LogP contribution in [0, 0.1) is 6.92 Å². The van der Waals surface area contributed by atoms with Crippen molar-refractivity contribution in [2.24, 2.45) is 0 Å². The van der Waals surface area contributed by atoms with Crippen molar-refractivity contribution in [2.75, 3.05) is 26.0 Å². The highest BCUT2D eigenvalue weighted by Gasteiger charge is 2.22. The first-order valence-corrected chi connectivity index (χ1v) is 10.7. The van der Waals surface area contributed by atoms with E-state index in [9.17, 15) is 0 Å². The third-order valence-electron chi connectivity index (χ3n) is 5.28. The van der Waals surface area contributed by atoms with Gasteiger partial charge >= 0.3 is 0 Å². The van der Waals surface area contributed by atoms with Crippen LogP contribution in [0.4, 0.5) is 5.82 Å². The van der Waals surface area contributed by atoms with E-state index in [-0.39, 0.29) is 6.04 Å². The van der Waals surface area contributed by atoms with Crippen molar-refractivity contribution in [3.8, 4) is 0 Å². The second-order valence-electron chi connectivity index (χ2n) is 7.39. The van der Waals surface area contributed by atoms with E-state index in [2.05, 4.69) is 30.4 Å². The molecule has 1 aromatic carbocycles. The Bertz CT molecular complexity index is 966. The van der Waals surface area contributed by atoms with Crippen LogP contribution < -0.4 is 5.32 Å². The molecule has 2 aromatic heterocycles. The van der Waals surface area contributed by atoms with Gasteiger partial charge in [-0.25, -0.2) is 9.97 Å². The summed E-state index contributed by atoms with van der Waals surface area (Å²) in [6.45, 7) is 2.72. The van der Waals surface area contributed by atoms with E-state index < -0.39 is 0 Å². The molecule has 27 heavy (non-hydrogen) atoms. The number of nitrogens with one attached hydrogen (secondary N) is 1. The van der Waals surface area contributed by atoms with Gasteiger partial charge in [-0.15, -0.1) is 11.3 Å². The minimum atomic E-state index is 0.165. The maximum atomic E-state index is 6.46. The molecule has 1 N–H and O–H groups in total.